The van der Waals surface area contributed by atoms with E-state index >= 15 is 0 Å². The molecule has 4 heteroatoms. The van der Waals surface area contributed by atoms with E-state index in [0.29, 0.717) is 6.54 Å². The van der Waals surface area contributed by atoms with Crippen molar-refractivity contribution in [2.75, 3.05) is 20.3 Å². The molecule has 0 heterocycles. The van der Waals surface area contributed by atoms with Crippen molar-refractivity contribution in [3.8, 4) is 11.8 Å². The van der Waals surface area contributed by atoms with Gasteiger partial charge in [-0.3, -0.25) is 4.90 Å². The number of aliphatic hydroxyl groups is 2. The number of hydrogen-bond donors (Lipinski definition) is 2. The van der Waals surface area contributed by atoms with Crippen molar-refractivity contribution in [1.82, 2.24) is 4.90 Å². The van der Waals surface area contributed by atoms with Gasteiger partial charge < -0.3 is 10.2 Å². The van der Waals surface area contributed by atoms with Gasteiger partial charge in [-0.25, -0.2) is 4.39 Å². The Bertz CT molecular complexity index is 489. The molecule has 0 atom stereocenters. The fourth-order valence-electron chi connectivity index (χ4n) is 1.51. The second-order valence-corrected chi connectivity index (χ2v) is 5.10. The third-order valence-electron chi connectivity index (χ3n) is 3.17. The zero-order valence-corrected chi connectivity index (χ0v) is 11.6. The van der Waals surface area contributed by atoms with Crippen LogP contribution in [0.15, 0.2) is 18.2 Å². The molecule has 0 saturated carbocycles. The largest absolute Gasteiger partial charge is 0.394 e. The maximum atomic E-state index is 13.5. The quantitative estimate of drug-likeness (QED) is 0.808. The summed E-state index contributed by atoms with van der Waals surface area (Å²) < 4.78 is 13.5. The normalized spacial score (nSPS) is 11.3. The molecule has 0 amide bonds. The van der Waals surface area contributed by atoms with Gasteiger partial charge in [-0.2, -0.15) is 0 Å². The molecule has 104 valence electrons. The molecule has 0 bridgehead atoms. The van der Waals surface area contributed by atoms with Crippen molar-refractivity contribution in [3.63, 3.8) is 0 Å². The number of likely N-dealkylation sites (N-methyl/N-ethyl adjacent to an activating group) is 1. The van der Waals surface area contributed by atoms with E-state index in [1.54, 1.807) is 12.1 Å². The molecular formula is C15H20FNO2. The molecule has 2 N–H and O–H groups in total. The summed E-state index contributed by atoms with van der Waals surface area (Å²) in [6.07, 6.45) is 0. The summed E-state index contributed by atoms with van der Waals surface area (Å²) in [7, 11) is 1.90. The topological polar surface area (TPSA) is 43.7 Å². The Morgan fingerprint density at radius 2 is 2.00 bits per heavy atom. The van der Waals surface area contributed by atoms with Gasteiger partial charge in [-0.1, -0.05) is 17.9 Å². The lowest BCUT2D eigenvalue weighted by Crippen LogP contribution is -2.43. The maximum Gasteiger partial charge on any atom is 0.138 e. The number of nitrogens with zero attached hydrogens (tertiary/aromatic N) is 1. The molecule has 0 spiro atoms. The van der Waals surface area contributed by atoms with Crippen LogP contribution in [0, 0.1) is 17.7 Å². The van der Waals surface area contributed by atoms with Crippen LogP contribution in [-0.4, -0.2) is 40.9 Å². The predicted molar refractivity (Wildman–Crippen MR) is 73.0 cm³/mol. The molecule has 1 rings (SSSR count). The first-order chi connectivity index (χ1) is 8.90. The van der Waals surface area contributed by atoms with E-state index in [-0.39, 0.29) is 24.3 Å². The van der Waals surface area contributed by atoms with Gasteiger partial charge in [0.15, 0.2) is 0 Å². The van der Waals surface area contributed by atoms with Crippen molar-refractivity contribution in [3.05, 3.63) is 35.1 Å². The van der Waals surface area contributed by atoms with E-state index < -0.39 is 5.82 Å². The molecule has 19 heavy (non-hydrogen) atoms. The van der Waals surface area contributed by atoms with Crippen molar-refractivity contribution < 1.29 is 14.6 Å². The number of halogens is 1. The van der Waals surface area contributed by atoms with Crippen LogP contribution < -0.4 is 0 Å². The van der Waals surface area contributed by atoms with Gasteiger partial charge in [0.25, 0.3) is 0 Å². The van der Waals surface area contributed by atoms with Crippen LogP contribution in [0.25, 0.3) is 0 Å². The van der Waals surface area contributed by atoms with Crippen LogP contribution in [0.4, 0.5) is 4.39 Å². The molecule has 0 radical (unpaired) electrons. The third kappa shape index (κ3) is 4.32. The van der Waals surface area contributed by atoms with Crippen LogP contribution in [0.5, 0.6) is 0 Å². The number of rotatable bonds is 4. The highest BCUT2D eigenvalue weighted by Crippen LogP contribution is 2.17. The van der Waals surface area contributed by atoms with Crippen LogP contribution in [0.2, 0.25) is 0 Å². The van der Waals surface area contributed by atoms with Gasteiger partial charge in [-0.15, -0.1) is 0 Å². The Balaban J connectivity index is 2.91. The lowest BCUT2D eigenvalue weighted by molar-refractivity contribution is 0.0734. The minimum Gasteiger partial charge on any atom is -0.394 e. The highest BCUT2D eigenvalue weighted by atomic mass is 19.1. The van der Waals surface area contributed by atoms with E-state index in [1.807, 2.05) is 25.8 Å². The lowest BCUT2D eigenvalue weighted by Gasteiger charge is -2.33. The molecule has 0 aliphatic heterocycles. The minimum atomic E-state index is -0.395. The fourth-order valence-corrected chi connectivity index (χ4v) is 1.51. The predicted octanol–water partition coefficient (Wildman–Crippen LogP) is 1.37. The molecule has 0 fully saturated rings. The molecule has 3 nitrogen and oxygen atoms in total. The van der Waals surface area contributed by atoms with Crippen LogP contribution in [-0.2, 0) is 6.54 Å². The Morgan fingerprint density at radius 1 is 1.32 bits per heavy atom. The Morgan fingerprint density at radius 3 is 2.58 bits per heavy atom. The number of benzene rings is 1. The molecule has 1 aromatic carbocycles. The first-order valence-corrected chi connectivity index (χ1v) is 6.11. The van der Waals surface area contributed by atoms with E-state index in [0.717, 1.165) is 5.56 Å². The zero-order chi connectivity index (χ0) is 14.5. The first-order valence-electron chi connectivity index (χ1n) is 6.11. The van der Waals surface area contributed by atoms with Gasteiger partial charge in [-0.05, 0) is 38.6 Å². The highest BCUT2D eigenvalue weighted by molar-refractivity contribution is 5.38. The van der Waals surface area contributed by atoms with Crippen LogP contribution in [0.3, 0.4) is 0 Å². The summed E-state index contributed by atoms with van der Waals surface area (Å²) in [5.41, 5.74) is 0.847. The summed E-state index contributed by atoms with van der Waals surface area (Å²) in [4.78, 5) is 1.99. The Kier molecular flexibility index (Phi) is 5.49. The number of aliphatic hydroxyl groups excluding tert-OH is 2. The van der Waals surface area contributed by atoms with Crippen LogP contribution >= 0.6 is 0 Å². The molecule has 1 aromatic rings. The number of hydrogen-bond acceptors (Lipinski definition) is 3. The van der Waals surface area contributed by atoms with Crippen molar-refractivity contribution in [2.45, 2.75) is 25.9 Å². The summed E-state index contributed by atoms with van der Waals surface area (Å²) in [6.45, 7) is 4.20. The molecule has 0 saturated heterocycles. The molecule has 0 unspecified atom stereocenters. The summed E-state index contributed by atoms with van der Waals surface area (Å²) in [6, 6.07) is 4.74. The van der Waals surface area contributed by atoms with E-state index in [4.69, 9.17) is 5.11 Å². The SMILES string of the molecule is CN(Cc1ccc(F)c(C#CCO)c1)C(C)(C)CO. The smallest absolute Gasteiger partial charge is 0.138 e. The molecule has 0 aromatic heterocycles. The van der Waals surface area contributed by atoms with Crippen molar-refractivity contribution >= 4 is 0 Å². The molecular weight excluding hydrogens is 245 g/mol. The third-order valence-corrected chi connectivity index (χ3v) is 3.17. The Labute approximate surface area is 113 Å². The minimum absolute atomic E-state index is 0.0435. The van der Waals surface area contributed by atoms with Gasteiger partial charge in [0.2, 0.25) is 0 Å². The standard InChI is InChI=1S/C15H20FNO2/c1-15(2,11-19)17(3)10-12-6-7-14(16)13(9-12)5-4-8-18/h6-7,9,18-19H,8,10-11H2,1-3H3. The summed E-state index contributed by atoms with van der Waals surface area (Å²) >= 11 is 0. The monoisotopic (exact) mass is 265 g/mol. The van der Waals surface area contributed by atoms with E-state index in [2.05, 4.69) is 11.8 Å². The average Bonchev–Trinajstić information content (AvgIpc) is 2.39. The fraction of sp³-hybridized carbons (Fsp3) is 0.467. The zero-order valence-electron chi connectivity index (χ0n) is 11.6. The second kappa shape index (κ2) is 6.67. The van der Waals surface area contributed by atoms with Gasteiger partial charge in [0.1, 0.15) is 12.4 Å². The maximum absolute atomic E-state index is 13.5. The van der Waals surface area contributed by atoms with Gasteiger partial charge in [0, 0.05) is 12.1 Å². The van der Waals surface area contributed by atoms with E-state index in [1.165, 1.54) is 6.07 Å². The van der Waals surface area contributed by atoms with E-state index in [9.17, 15) is 9.50 Å². The second-order valence-electron chi connectivity index (χ2n) is 5.10. The Hall–Kier alpha value is -1.41. The average molecular weight is 265 g/mol. The van der Waals surface area contributed by atoms with Crippen molar-refractivity contribution in [2.24, 2.45) is 0 Å². The van der Waals surface area contributed by atoms with Gasteiger partial charge in [0.05, 0.1) is 12.2 Å². The molecule has 0 aliphatic carbocycles. The molecule has 0 aliphatic rings. The van der Waals surface area contributed by atoms with Crippen LogP contribution in [0.1, 0.15) is 25.0 Å². The first kappa shape index (κ1) is 15.6. The summed E-state index contributed by atoms with van der Waals surface area (Å²) in [5, 5.41) is 17.9. The summed E-state index contributed by atoms with van der Waals surface area (Å²) in [5.74, 6) is 4.63. The highest BCUT2D eigenvalue weighted by Gasteiger charge is 2.22. The van der Waals surface area contributed by atoms with Crippen molar-refractivity contribution in [1.29, 1.82) is 0 Å². The lowest BCUT2D eigenvalue weighted by atomic mass is 10.0. The van der Waals surface area contributed by atoms with Gasteiger partial charge >= 0.3 is 0 Å².